The van der Waals surface area contributed by atoms with Crippen molar-refractivity contribution in [1.82, 2.24) is 0 Å². The SMILES string of the molecule is O=Cc1ccco1.OC1[C@H](O)COC[C@@H]1O. The highest BCUT2D eigenvalue weighted by atomic mass is 16.5. The van der Waals surface area contributed by atoms with Gasteiger partial charge in [0.05, 0.1) is 19.5 Å². The highest BCUT2D eigenvalue weighted by molar-refractivity contribution is 5.69. The maximum atomic E-state index is 9.77. The first-order chi connectivity index (χ1) is 7.65. The minimum absolute atomic E-state index is 0.109. The molecule has 3 atom stereocenters. The number of aliphatic hydroxyl groups is 3. The number of aldehydes is 1. The molecule has 1 unspecified atom stereocenters. The van der Waals surface area contributed by atoms with Crippen molar-refractivity contribution in [2.45, 2.75) is 18.3 Å². The summed E-state index contributed by atoms with van der Waals surface area (Å²) in [6.45, 7) is 0.219. The molecule has 1 aliphatic rings. The van der Waals surface area contributed by atoms with E-state index in [0.29, 0.717) is 12.0 Å². The van der Waals surface area contributed by atoms with Crippen LogP contribution in [0.2, 0.25) is 0 Å². The van der Waals surface area contributed by atoms with Gasteiger partial charge in [0, 0.05) is 0 Å². The standard InChI is InChI=1S/C5H10O4.C5H4O2/c6-3-1-9-2-4(7)5(3)8;6-4-5-2-1-3-7-5/h3-8H,1-2H2;1-4H/t3-,4+,5?;. The Morgan fingerprint density at radius 1 is 1.25 bits per heavy atom. The highest BCUT2D eigenvalue weighted by Crippen LogP contribution is 2.07. The van der Waals surface area contributed by atoms with Gasteiger partial charge in [-0.05, 0) is 12.1 Å². The number of furan rings is 1. The molecule has 3 N–H and O–H groups in total. The quantitative estimate of drug-likeness (QED) is 0.546. The van der Waals surface area contributed by atoms with E-state index in [0.717, 1.165) is 0 Å². The third-order valence-electron chi connectivity index (χ3n) is 2.03. The Balaban J connectivity index is 0.000000165. The molecule has 2 heterocycles. The molecule has 6 heteroatoms. The third kappa shape index (κ3) is 3.74. The van der Waals surface area contributed by atoms with Gasteiger partial charge in [-0.3, -0.25) is 4.79 Å². The summed E-state index contributed by atoms with van der Waals surface area (Å²) in [5.41, 5.74) is 0. The van der Waals surface area contributed by atoms with Crippen LogP contribution in [-0.2, 0) is 4.74 Å². The second kappa shape index (κ2) is 6.39. The van der Waals surface area contributed by atoms with E-state index in [1.807, 2.05) is 0 Å². The molecule has 0 aliphatic carbocycles. The van der Waals surface area contributed by atoms with Gasteiger partial charge >= 0.3 is 0 Å². The van der Waals surface area contributed by atoms with Crippen LogP contribution in [0.25, 0.3) is 0 Å². The fraction of sp³-hybridized carbons (Fsp3) is 0.500. The summed E-state index contributed by atoms with van der Waals surface area (Å²) in [7, 11) is 0. The van der Waals surface area contributed by atoms with E-state index < -0.39 is 18.3 Å². The lowest BCUT2D eigenvalue weighted by Gasteiger charge is -2.27. The van der Waals surface area contributed by atoms with Crippen LogP contribution in [-0.4, -0.2) is 53.1 Å². The average Bonchev–Trinajstić information content (AvgIpc) is 2.79. The summed E-state index contributed by atoms with van der Waals surface area (Å²) in [6.07, 6.45) is -0.787. The molecule has 0 amide bonds. The van der Waals surface area contributed by atoms with Crippen LogP contribution < -0.4 is 0 Å². The van der Waals surface area contributed by atoms with E-state index in [1.54, 1.807) is 12.1 Å². The van der Waals surface area contributed by atoms with Crippen LogP contribution in [0.3, 0.4) is 0 Å². The zero-order chi connectivity index (χ0) is 12.0. The maximum absolute atomic E-state index is 9.77. The van der Waals surface area contributed by atoms with Crippen LogP contribution in [0.4, 0.5) is 0 Å². The monoisotopic (exact) mass is 230 g/mol. The molecule has 2 rings (SSSR count). The van der Waals surface area contributed by atoms with Gasteiger partial charge in [-0.2, -0.15) is 0 Å². The molecule has 0 bridgehead atoms. The molecule has 6 nitrogen and oxygen atoms in total. The van der Waals surface area contributed by atoms with Crippen molar-refractivity contribution in [3.05, 3.63) is 24.2 Å². The molecule has 0 radical (unpaired) electrons. The van der Waals surface area contributed by atoms with Gasteiger partial charge in [0.15, 0.2) is 12.0 Å². The van der Waals surface area contributed by atoms with Gasteiger partial charge in [-0.1, -0.05) is 0 Å². The van der Waals surface area contributed by atoms with Crippen LogP contribution in [0.5, 0.6) is 0 Å². The van der Waals surface area contributed by atoms with E-state index in [9.17, 15) is 4.79 Å². The van der Waals surface area contributed by atoms with E-state index in [1.165, 1.54) is 6.26 Å². The molecular formula is C10H14O6. The molecule has 0 spiro atoms. The normalized spacial score (nSPS) is 29.1. The minimum Gasteiger partial charge on any atom is -0.462 e. The number of hydrogen-bond donors (Lipinski definition) is 3. The molecule has 0 saturated carbocycles. The minimum atomic E-state index is -1.04. The molecule has 1 aromatic heterocycles. The van der Waals surface area contributed by atoms with Gasteiger partial charge in [0.25, 0.3) is 0 Å². The Hall–Kier alpha value is -1.21. The molecule has 1 aromatic rings. The summed E-state index contributed by atoms with van der Waals surface area (Å²) < 4.78 is 9.32. The van der Waals surface area contributed by atoms with Crippen molar-refractivity contribution in [3.63, 3.8) is 0 Å². The second-order valence-corrected chi connectivity index (χ2v) is 3.30. The van der Waals surface area contributed by atoms with E-state index in [4.69, 9.17) is 20.1 Å². The Morgan fingerprint density at radius 3 is 2.19 bits per heavy atom. The average molecular weight is 230 g/mol. The molecular weight excluding hydrogens is 216 g/mol. The van der Waals surface area contributed by atoms with Crippen LogP contribution in [0, 0.1) is 0 Å². The summed E-state index contributed by atoms with van der Waals surface area (Å²) >= 11 is 0. The number of carbonyl (C=O) groups is 1. The molecule has 0 aromatic carbocycles. The van der Waals surface area contributed by atoms with Gasteiger partial charge < -0.3 is 24.5 Å². The Morgan fingerprint density at radius 2 is 1.88 bits per heavy atom. The summed E-state index contributed by atoms with van der Waals surface area (Å²) in [6, 6.07) is 3.27. The van der Waals surface area contributed by atoms with Crippen LogP contribution in [0.15, 0.2) is 22.8 Å². The fourth-order valence-corrected chi connectivity index (χ4v) is 1.12. The second-order valence-electron chi connectivity index (χ2n) is 3.30. The first kappa shape index (κ1) is 12.9. The van der Waals surface area contributed by atoms with Crippen molar-refractivity contribution in [1.29, 1.82) is 0 Å². The predicted octanol–water partition coefficient (Wildman–Crippen LogP) is -0.809. The Labute approximate surface area is 92.1 Å². The third-order valence-corrected chi connectivity index (χ3v) is 2.03. The highest BCUT2D eigenvalue weighted by Gasteiger charge is 2.29. The van der Waals surface area contributed by atoms with E-state index >= 15 is 0 Å². The van der Waals surface area contributed by atoms with Gasteiger partial charge in [-0.25, -0.2) is 0 Å². The lowest BCUT2D eigenvalue weighted by molar-refractivity contribution is -0.150. The number of ether oxygens (including phenoxy) is 1. The largest absolute Gasteiger partial charge is 0.462 e. The number of rotatable bonds is 1. The fourth-order valence-electron chi connectivity index (χ4n) is 1.12. The zero-order valence-corrected chi connectivity index (χ0v) is 8.52. The van der Waals surface area contributed by atoms with Gasteiger partial charge in [0.1, 0.15) is 18.3 Å². The number of carbonyl (C=O) groups excluding carboxylic acids is 1. The molecule has 1 fully saturated rings. The van der Waals surface area contributed by atoms with Crippen LogP contribution in [0.1, 0.15) is 10.6 Å². The first-order valence-corrected chi connectivity index (χ1v) is 4.75. The molecule has 16 heavy (non-hydrogen) atoms. The van der Waals surface area contributed by atoms with Crippen molar-refractivity contribution < 1.29 is 29.3 Å². The Kier molecular flexibility index (Phi) is 5.13. The lowest BCUT2D eigenvalue weighted by Crippen LogP contribution is -2.47. The molecule has 1 saturated heterocycles. The maximum Gasteiger partial charge on any atom is 0.185 e. The topological polar surface area (TPSA) is 100 Å². The summed E-state index contributed by atoms with van der Waals surface area (Å²) in [4.78, 5) is 9.77. The zero-order valence-electron chi connectivity index (χ0n) is 8.52. The van der Waals surface area contributed by atoms with Gasteiger partial charge in [0.2, 0.25) is 0 Å². The number of hydrogen-bond acceptors (Lipinski definition) is 6. The smallest absolute Gasteiger partial charge is 0.185 e. The predicted molar refractivity (Wildman–Crippen MR) is 52.9 cm³/mol. The first-order valence-electron chi connectivity index (χ1n) is 4.75. The molecule has 90 valence electrons. The summed E-state index contributed by atoms with van der Waals surface area (Å²) in [5, 5.41) is 26.5. The van der Waals surface area contributed by atoms with E-state index in [2.05, 4.69) is 4.42 Å². The van der Waals surface area contributed by atoms with Crippen molar-refractivity contribution in [2.24, 2.45) is 0 Å². The van der Waals surface area contributed by atoms with Crippen molar-refractivity contribution in [2.75, 3.05) is 13.2 Å². The lowest BCUT2D eigenvalue weighted by atomic mass is 10.1. The van der Waals surface area contributed by atoms with E-state index in [-0.39, 0.29) is 13.2 Å². The summed E-state index contributed by atoms with van der Waals surface area (Å²) in [5.74, 6) is 0.375. The molecule has 1 aliphatic heterocycles. The van der Waals surface area contributed by atoms with Crippen molar-refractivity contribution in [3.8, 4) is 0 Å². The number of aliphatic hydroxyl groups excluding tert-OH is 3. The van der Waals surface area contributed by atoms with Crippen molar-refractivity contribution >= 4 is 6.29 Å². The van der Waals surface area contributed by atoms with Crippen LogP contribution >= 0.6 is 0 Å². The Bertz CT molecular complexity index is 286. The van der Waals surface area contributed by atoms with Gasteiger partial charge in [-0.15, -0.1) is 0 Å².